The summed E-state index contributed by atoms with van der Waals surface area (Å²) in [5, 5.41) is 16.1. The molecule has 0 radical (unpaired) electrons. The molecule has 7 nitrogen and oxygen atoms in total. The average Bonchev–Trinajstić information content (AvgIpc) is 2.77. The van der Waals surface area contributed by atoms with Crippen molar-refractivity contribution in [2.45, 2.75) is 27.2 Å². The molecular formula is C26H33FN4O3. The second-order valence-corrected chi connectivity index (χ2v) is 9.27. The Kier molecular flexibility index (Phi) is 8.04. The van der Waals surface area contributed by atoms with Gasteiger partial charge in [0.15, 0.2) is 0 Å². The predicted molar refractivity (Wildman–Crippen MR) is 131 cm³/mol. The molecule has 2 N–H and O–H groups in total. The van der Waals surface area contributed by atoms with E-state index in [9.17, 15) is 19.2 Å². The van der Waals surface area contributed by atoms with Crippen molar-refractivity contribution in [3.63, 3.8) is 0 Å². The summed E-state index contributed by atoms with van der Waals surface area (Å²) in [6, 6.07) is 9.75. The maximum atomic E-state index is 14.4. The standard InChI is InChI=1S/C26H33FN4O3/c1-16-12-19(25(32)28-10-11-30(4)5)13-17(2)24(16)31-15-20(14-18(3)26(31)33)23(29-34)21-8-6-7-9-22(21)27/h6-9,12-13,18,20,34H,10-11,14-15H2,1-5H3,(H,28,32)/t18-,20+/m1/s1. The fraction of sp³-hybridized carbons (Fsp3) is 0.423. The van der Waals surface area contributed by atoms with Crippen LogP contribution in [0.1, 0.15) is 40.4 Å². The number of hydrogen-bond donors (Lipinski definition) is 2. The van der Waals surface area contributed by atoms with Crippen LogP contribution < -0.4 is 10.2 Å². The summed E-state index contributed by atoms with van der Waals surface area (Å²) < 4.78 is 14.4. The number of halogens is 1. The zero-order valence-electron chi connectivity index (χ0n) is 20.4. The van der Waals surface area contributed by atoms with Gasteiger partial charge in [-0.25, -0.2) is 4.39 Å². The third-order valence-corrected chi connectivity index (χ3v) is 6.24. The zero-order chi connectivity index (χ0) is 25.0. The lowest BCUT2D eigenvalue weighted by Gasteiger charge is -2.38. The highest BCUT2D eigenvalue weighted by molar-refractivity contribution is 6.06. The highest BCUT2D eigenvalue weighted by Crippen LogP contribution is 2.34. The first-order valence-corrected chi connectivity index (χ1v) is 11.5. The summed E-state index contributed by atoms with van der Waals surface area (Å²) in [6.07, 6.45) is 0.452. The Morgan fingerprint density at radius 2 is 1.88 bits per heavy atom. The normalized spacial score (nSPS) is 19.0. The second kappa shape index (κ2) is 10.8. The van der Waals surface area contributed by atoms with Crippen LogP contribution in [-0.4, -0.2) is 61.4 Å². The topological polar surface area (TPSA) is 85.2 Å². The van der Waals surface area contributed by atoms with Crippen molar-refractivity contribution in [2.75, 3.05) is 38.6 Å². The van der Waals surface area contributed by atoms with Crippen molar-refractivity contribution in [3.05, 3.63) is 64.5 Å². The van der Waals surface area contributed by atoms with Gasteiger partial charge in [0.2, 0.25) is 5.91 Å². The number of nitrogens with zero attached hydrogens (tertiary/aromatic N) is 3. The number of benzene rings is 2. The van der Waals surface area contributed by atoms with E-state index in [1.165, 1.54) is 6.07 Å². The predicted octanol–water partition coefficient (Wildman–Crippen LogP) is 3.60. The minimum Gasteiger partial charge on any atom is -0.411 e. The Labute approximate surface area is 200 Å². The molecule has 34 heavy (non-hydrogen) atoms. The molecule has 1 aliphatic heterocycles. The molecule has 2 aromatic rings. The van der Waals surface area contributed by atoms with Gasteiger partial charge >= 0.3 is 0 Å². The first kappa shape index (κ1) is 25.4. The van der Waals surface area contributed by atoms with Crippen molar-refractivity contribution in [1.29, 1.82) is 0 Å². The van der Waals surface area contributed by atoms with Gasteiger partial charge in [0.1, 0.15) is 5.82 Å². The van der Waals surface area contributed by atoms with E-state index in [0.717, 1.165) is 23.4 Å². The third-order valence-electron chi connectivity index (χ3n) is 6.24. The largest absolute Gasteiger partial charge is 0.411 e. The minimum atomic E-state index is -0.469. The van der Waals surface area contributed by atoms with Crippen LogP contribution in [-0.2, 0) is 4.79 Å². The first-order chi connectivity index (χ1) is 16.1. The molecule has 0 bridgehead atoms. The summed E-state index contributed by atoms with van der Waals surface area (Å²) in [5.74, 6) is -1.36. The van der Waals surface area contributed by atoms with Gasteiger partial charge in [0, 0.05) is 48.3 Å². The molecule has 2 aromatic carbocycles. The van der Waals surface area contributed by atoms with Crippen LogP contribution in [0.25, 0.3) is 0 Å². The fourth-order valence-electron chi connectivity index (χ4n) is 4.61. The van der Waals surface area contributed by atoms with Gasteiger partial charge in [-0.3, -0.25) is 9.59 Å². The van der Waals surface area contributed by atoms with Gasteiger partial charge in [-0.2, -0.15) is 0 Å². The number of hydrogen-bond acceptors (Lipinski definition) is 5. The van der Waals surface area contributed by atoms with E-state index in [-0.39, 0.29) is 41.5 Å². The fourth-order valence-corrected chi connectivity index (χ4v) is 4.61. The molecule has 1 fully saturated rings. The van der Waals surface area contributed by atoms with Crippen molar-refractivity contribution in [2.24, 2.45) is 17.0 Å². The molecule has 2 amide bonds. The number of nitrogens with one attached hydrogen (secondary N) is 1. The molecule has 0 unspecified atom stereocenters. The van der Waals surface area contributed by atoms with Gasteiger partial charge in [0.25, 0.3) is 5.91 Å². The summed E-state index contributed by atoms with van der Waals surface area (Å²) in [7, 11) is 3.89. The molecule has 0 aromatic heterocycles. The molecular weight excluding hydrogens is 435 g/mol. The third kappa shape index (κ3) is 5.44. The van der Waals surface area contributed by atoms with Crippen LogP contribution in [0, 0.1) is 31.5 Å². The lowest BCUT2D eigenvalue weighted by Crippen LogP contribution is -2.47. The van der Waals surface area contributed by atoms with E-state index >= 15 is 0 Å². The number of likely N-dealkylation sites (N-methyl/N-ethyl adjacent to an activating group) is 1. The average molecular weight is 469 g/mol. The van der Waals surface area contributed by atoms with E-state index in [1.54, 1.807) is 35.2 Å². The van der Waals surface area contributed by atoms with Crippen molar-refractivity contribution in [3.8, 4) is 0 Å². The van der Waals surface area contributed by atoms with Gasteiger partial charge in [-0.1, -0.05) is 30.3 Å². The first-order valence-electron chi connectivity index (χ1n) is 11.5. The highest BCUT2D eigenvalue weighted by Gasteiger charge is 2.37. The Morgan fingerprint density at radius 3 is 2.47 bits per heavy atom. The number of piperidine rings is 1. The Hall–Kier alpha value is -3.26. The number of aryl methyl sites for hydroxylation is 2. The minimum absolute atomic E-state index is 0.0449. The number of carbonyl (C=O) groups excluding carboxylic acids is 2. The van der Waals surface area contributed by atoms with E-state index in [2.05, 4.69) is 10.5 Å². The lowest BCUT2D eigenvalue weighted by atomic mass is 9.83. The SMILES string of the molecule is Cc1cc(C(=O)NCCN(C)C)cc(C)c1N1C[C@@H](C(=NO)c2ccccc2F)C[C@@H](C)C1=O. The Morgan fingerprint density at radius 1 is 1.24 bits per heavy atom. The summed E-state index contributed by atoms with van der Waals surface area (Å²) >= 11 is 0. The molecule has 1 saturated heterocycles. The number of carbonyl (C=O) groups is 2. The molecule has 1 aliphatic rings. The van der Waals surface area contributed by atoms with Crippen LogP contribution in [0.15, 0.2) is 41.6 Å². The summed E-state index contributed by atoms with van der Waals surface area (Å²) in [4.78, 5) is 29.5. The molecule has 0 aliphatic carbocycles. The van der Waals surface area contributed by atoms with Crippen molar-refractivity contribution >= 4 is 23.2 Å². The number of anilines is 1. The smallest absolute Gasteiger partial charge is 0.251 e. The maximum absolute atomic E-state index is 14.4. The quantitative estimate of drug-likeness (QED) is 0.369. The van der Waals surface area contributed by atoms with E-state index in [0.29, 0.717) is 18.5 Å². The number of oxime groups is 1. The highest BCUT2D eigenvalue weighted by atomic mass is 19.1. The molecule has 1 heterocycles. The monoisotopic (exact) mass is 468 g/mol. The van der Waals surface area contributed by atoms with Gasteiger partial charge in [-0.05, 0) is 63.7 Å². The second-order valence-electron chi connectivity index (χ2n) is 9.27. The molecule has 0 spiro atoms. The molecule has 3 rings (SSSR count). The van der Waals surface area contributed by atoms with Crippen LogP contribution in [0.4, 0.5) is 10.1 Å². The molecule has 182 valence electrons. The maximum Gasteiger partial charge on any atom is 0.251 e. The van der Waals surface area contributed by atoms with Gasteiger partial charge < -0.3 is 20.3 Å². The van der Waals surface area contributed by atoms with Crippen molar-refractivity contribution in [1.82, 2.24) is 10.2 Å². The van der Waals surface area contributed by atoms with Crippen LogP contribution in [0.3, 0.4) is 0 Å². The van der Waals surface area contributed by atoms with Crippen LogP contribution >= 0.6 is 0 Å². The zero-order valence-corrected chi connectivity index (χ0v) is 20.4. The van der Waals surface area contributed by atoms with Crippen LogP contribution in [0.5, 0.6) is 0 Å². The van der Waals surface area contributed by atoms with E-state index < -0.39 is 5.82 Å². The Bertz CT molecular complexity index is 1080. The van der Waals surface area contributed by atoms with E-state index in [1.807, 2.05) is 39.8 Å². The molecule has 8 heteroatoms. The van der Waals surface area contributed by atoms with Crippen LogP contribution in [0.2, 0.25) is 0 Å². The summed E-state index contributed by atoms with van der Waals surface area (Å²) in [6.45, 7) is 7.10. The summed E-state index contributed by atoms with van der Waals surface area (Å²) in [5.41, 5.74) is 3.33. The molecule has 0 saturated carbocycles. The Balaban J connectivity index is 1.90. The lowest BCUT2D eigenvalue weighted by molar-refractivity contribution is -0.123. The van der Waals surface area contributed by atoms with Gasteiger partial charge in [-0.15, -0.1) is 0 Å². The number of amides is 2. The van der Waals surface area contributed by atoms with E-state index in [4.69, 9.17) is 0 Å². The number of rotatable bonds is 7. The van der Waals surface area contributed by atoms with Gasteiger partial charge in [0.05, 0.1) is 5.71 Å². The van der Waals surface area contributed by atoms with Crippen molar-refractivity contribution < 1.29 is 19.2 Å². The molecule has 2 atom stereocenters.